The van der Waals surface area contributed by atoms with Crippen LogP contribution in [0, 0.1) is 6.92 Å². The predicted octanol–water partition coefficient (Wildman–Crippen LogP) is 3.13. The molecule has 1 aromatic rings. The van der Waals surface area contributed by atoms with Crippen LogP contribution < -0.4 is 5.32 Å². The lowest BCUT2D eigenvalue weighted by Gasteiger charge is -2.43. The van der Waals surface area contributed by atoms with E-state index in [1.54, 1.807) is 0 Å². The molecule has 122 valence electrons. The average molecular weight is 359 g/mol. The Kier molecular flexibility index (Phi) is 6.88. The second-order valence-corrected chi connectivity index (χ2v) is 7.08. The number of aromatic nitrogens is 2. The third-order valence-corrected chi connectivity index (χ3v) is 5.82. The van der Waals surface area contributed by atoms with Crippen molar-refractivity contribution in [2.45, 2.75) is 58.5 Å². The Morgan fingerprint density at radius 2 is 2.00 bits per heavy atom. The topological polar surface area (TPSA) is 33.1 Å². The van der Waals surface area contributed by atoms with Crippen LogP contribution in [0.2, 0.25) is 0 Å². The third kappa shape index (κ3) is 4.08. The summed E-state index contributed by atoms with van der Waals surface area (Å²) in [6.07, 6.45) is 3.23. The van der Waals surface area contributed by atoms with Gasteiger partial charge in [-0.1, -0.05) is 13.8 Å². The van der Waals surface area contributed by atoms with E-state index in [4.69, 9.17) is 0 Å². The van der Waals surface area contributed by atoms with Crippen molar-refractivity contribution in [2.75, 3.05) is 20.6 Å². The molecule has 1 rings (SSSR count). The number of rotatable bonds is 8. The molecule has 0 spiro atoms. The highest BCUT2D eigenvalue weighted by Gasteiger charge is 2.35. The van der Waals surface area contributed by atoms with E-state index < -0.39 is 0 Å². The molecule has 0 fully saturated rings. The van der Waals surface area contributed by atoms with Crippen molar-refractivity contribution in [3.05, 3.63) is 15.9 Å². The van der Waals surface area contributed by atoms with Gasteiger partial charge in [-0.05, 0) is 63.3 Å². The molecule has 0 aliphatic rings. The maximum Gasteiger partial charge on any atom is 0.0738 e. The highest BCUT2D eigenvalue weighted by atomic mass is 79.9. The fourth-order valence-electron chi connectivity index (χ4n) is 2.80. The van der Waals surface area contributed by atoms with Crippen LogP contribution in [0.4, 0.5) is 0 Å². The van der Waals surface area contributed by atoms with Gasteiger partial charge in [-0.15, -0.1) is 0 Å². The Bertz CT molecular complexity index is 455. The van der Waals surface area contributed by atoms with Crippen molar-refractivity contribution in [1.29, 1.82) is 0 Å². The van der Waals surface area contributed by atoms with Crippen LogP contribution in [0.25, 0.3) is 0 Å². The fourth-order valence-corrected chi connectivity index (χ4v) is 3.30. The van der Waals surface area contributed by atoms with Crippen molar-refractivity contribution >= 4 is 15.9 Å². The maximum atomic E-state index is 4.53. The molecular weight excluding hydrogens is 328 g/mol. The number of hydrogen-bond acceptors (Lipinski definition) is 3. The zero-order valence-electron chi connectivity index (χ0n) is 14.6. The quantitative estimate of drug-likeness (QED) is 0.774. The van der Waals surface area contributed by atoms with E-state index in [2.05, 4.69) is 66.1 Å². The van der Waals surface area contributed by atoms with Crippen LogP contribution >= 0.6 is 15.9 Å². The van der Waals surface area contributed by atoms with Crippen LogP contribution in [-0.4, -0.2) is 46.9 Å². The number of hydrogen-bond donors (Lipinski definition) is 1. The van der Waals surface area contributed by atoms with Gasteiger partial charge in [-0.25, -0.2) is 0 Å². The minimum Gasteiger partial charge on any atom is -0.312 e. The van der Waals surface area contributed by atoms with Gasteiger partial charge < -0.3 is 10.2 Å². The smallest absolute Gasteiger partial charge is 0.0738 e. The van der Waals surface area contributed by atoms with Crippen molar-refractivity contribution in [3.63, 3.8) is 0 Å². The van der Waals surface area contributed by atoms with E-state index in [1.165, 1.54) is 5.69 Å². The van der Waals surface area contributed by atoms with Gasteiger partial charge in [-0.3, -0.25) is 4.68 Å². The summed E-state index contributed by atoms with van der Waals surface area (Å²) in [5.74, 6) is 0. The summed E-state index contributed by atoms with van der Waals surface area (Å²) in [4.78, 5) is 2.34. The summed E-state index contributed by atoms with van der Waals surface area (Å²) < 4.78 is 3.15. The lowest BCUT2D eigenvalue weighted by atomic mass is 9.85. The SMILES string of the molecule is CCCNC(Cc1c(Br)c(C)nn1C)C(C)(CC)N(C)C. The molecule has 5 heteroatoms. The van der Waals surface area contributed by atoms with Gasteiger partial charge in [0.15, 0.2) is 0 Å². The minimum absolute atomic E-state index is 0.118. The molecule has 0 aromatic carbocycles. The monoisotopic (exact) mass is 358 g/mol. The highest BCUT2D eigenvalue weighted by Crippen LogP contribution is 2.28. The normalized spacial score (nSPS) is 16.2. The average Bonchev–Trinajstić information content (AvgIpc) is 2.68. The molecule has 0 amide bonds. The number of aryl methyl sites for hydroxylation is 2. The maximum absolute atomic E-state index is 4.53. The Morgan fingerprint density at radius 1 is 1.38 bits per heavy atom. The van der Waals surface area contributed by atoms with E-state index in [0.29, 0.717) is 6.04 Å². The van der Waals surface area contributed by atoms with E-state index in [0.717, 1.165) is 36.0 Å². The Labute approximate surface area is 138 Å². The summed E-state index contributed by atoms with van der Waals surface area (Å²) >= 11 is 3.70. The van der Waals surface area contributed by atoms with Gasteiger partial charge in [-0.2, -0.15) is 5.10 Å². The summed E-state index contributed by atoms with van der Waals surface area (Å²) in [5.41, 5.74) is 2.44. The summed E-state index contributed by atoms with van der Waals surface area (Å²) in [6, 6.07) is 0.392. The number of nitrogens with one attached hydrogen (secondary N) is 1. The molecule has 0 aliphatic carbocycles. The van der Waals surface area contributed by atoms with Gasteiger partial charge in [0.05, 0.1) is 15.9 Å². The zero-order chi connectivity index (χ0) is 16.2. The lowest BCUT2D eigenvalue weighted by Crippen LogP contribution is -2.58. The number of nitrogens with zero attached hydrogens (tertiary/aromatic N) is 3. The van der Waals surface area contributed by atoms with Crippen LogP contribution in [0.5, 0.6) is 0 Å². The molecule has 0 saturated carbocycles. The second-order valence-electron chi connectivity index (χ2n) is 6.29. The number of likely N-dealkylation sites (N-methyl/N-ethyl adjacent to an activating group) is 1. The first-order valence-corrected chi connectivity index (χ1v) is 8.65. The molecule has 0 saturated heterocycles. The largest absolute Gasteiger partial charge is 0.312 e. The molecule has 4 nitrogen and oxygen atoms in total. The zero-order valence-corrected chi connectivity index (χ0v) is 16.2. The van der Waals surface area contributed by atoms with Gasteiger partial charge in [0.25, 0.3) is 0 Å². The lowest BCUT2D eigenvalue weighted by molar-refractivity contribution is 0.111. The van der Waals surface area contributed by atoms with Gasteiger partial charge >= 0.3 is 0 Å². The third-order valence-electron chi connectivity index (χ3n) is 4.79. The standard InChI is InChI=1S/C16H31BrN4/c1-8-10-18-14(16(4,9-2)20(5)6)11-13-15(17)12(3)19-21(13)7/h14,18H,8-11H2,1-7H3. The summed E-state index contributed by atoms with van der Waals surface area (Å²) in [5, 5.41) is 8.28. The molecular formula is C16H31BrN4. The van der Waals surface area contributed by atoms with E-state index in [1.807, 2.05) is 18.7 Å². The van der Waals surface area contributed by atoms with E-state index in [-0.39, 0.29) is 5.54 Å². The van der Waals surface area contributed by atoms with E-state index >= 15 is 0 Å². The summed E-state index contributed by atoms with van der Waals surface area (Å²) in [6.45, 7) is 9.92. The van der Waals surface area contributed by atoms with Crippen LogP contribution in [0.15, 0.2) is 4.47 Å². The predicted molar refractivity (Wildman–Crippen MR) is 93.8 cm³/mol. The van der Waals surface area contributed by atoms with Crippen molar-refractivity contribution in [3.8, 4) is 0 Å². The second kappa shape index (κ2) is 7.75. The molecule has 21 heavy (non-hydrogen) atoms. The molecule has 0 bridgehead atoms. The van der Waals surface area contributed by atoms with Crippen molar-refractivity contribution < 1.29 is 0 Å². The Hall–Kier alpha value is -0.390. The Balaban J connectivity index is 3.08. The molecule has 1 N–H and O–H groups in total. The van der Waals surface area contributed by atoms with Crippen LogP contribution in [0.1, 0.15) is 45.0 Å². The van der Waals surface area contributed by atoms with Crippen LogP contribution in [0.3, 0.4) is 0 Å². The van der Waals surface area contributed by atoms with Crippen LogP contribution in [-0.2, 0) is 13.5 Å². The molecule has 0 radical (unpaired) electrons. The molecule has 0 aliphatic heterocycles. The van der Waals surface area contributed by atoms with Gasteiger partial charge in [0.1, 0.15) is 0 Å². The molecule has 1 aromatic heterocycles. The molecule has 2 atom stereocenters. The minimum atomic E-state index is 0.118. The van der Waals surface area contributed by atoms with Crippen molar-refractivity contribution in [1.82, 2.24) is 20.0 Å². The van der Waals surface area contributed by atoms with Gasteiger partial charge in [0, 0.05) is 25.0 Å². The van der Waals surface area contributed by atoms with Gasteiger partial charge in [0.2, 0.25) is 0 Å². The highest BCUT2D eigenvalue weighted by molar-refractivity contribution is 9.10. The first-order chi connectivity index (χ1) is 9.77. The number of halogens is 1. The molecule has 2 unspecified atom stereocenters. The summed E-state index contributed by atoms with van der Waals surface area (Å²) in [7, 11) is 6.38. The van der Waals surface area contributed by atoms with Crippen molar-refractivity contribution in [2.24, 2.45) is 7.05 Å². The Morgan fingerprint density at radius 3 is 2.38 bits per heavy atom. The first-order valence-electron chi connectivity index (χ1n) is 7.86. The molecule has 1 heterocycles. The fraction of sp³-hybridized carbons (Fsp3) is 0.812. The first kappa shape index (κ1) is 18.7. The van der Waals surface area contributed by atoms with E-state index in [9.17, 15) is 0 Å².